The van der Waals surface area contributed by atoms with E-state index < -0.39 is 0 Å². The first-order valence-electron chi connectivity index (χ1n) is 6.04. The number of nitrogens with two attached hydrogens (primary N) is 1. The number of hydrogen-bond acceptors (Lipinski definition) is 4. The zero-order valence-corrected chi connectivity index (χ0v) is 11.0. The molecule has 2 heterocycles. The molecule has 1 unspecified atom stereocenters. The Balaban J connectivity index is 1.96. The second-order valence-corrected chi connectivity index (χ2v) is 6.32. The molecule has 0 bridgehead atoms. The molecule has 96 valence electrons. The largest absolute Gasteiger partial charge is 0.379 e. The van der Waals surface area contributed by atoms with Gasteiger partial charge in [0.05, 0.1) is 29.6 Å². The molecule has 1 amide bonds. The normalized spacial score (nSPS) is 25.0. The molecule has 0 saturated carbocycles. The fraction of sp³-hybridized carbons (Fsp3) is 0.462. The van der Waals surface area contributed by atoms with Gasteiger partial charge in [-0.05, 0) is 24.6 Å². The predicted octanol–water partition coefficient (Wildman–Crippen LogP) is 1.35. The maximum absolute atomic E-state index is 11.6. The summed E-state index contributed by atoms with van der Waals surface area (Å²) >= 11 is 1.60. The smallest absolute Gasteiger partial charge is 0.237 e. The van der Waals surface area contributed by atoms with Crippen LogP contribution in [0.3, 0.4) is 0 Å². The first-order chi connectivity index (χ1) is 8.64. The zero-order valence-electron chi connectivity index (χ0n) is 10.2. The van der Waals surface area contributed by atoms with Gasteiger partial charge >= 0.3 is 0 Å². The highest BCUT2D eigenvalue weighted by Gasteiger charge is 2.39. The molecule has 3 rings (SSSR count). The fourth-order valence-corrected chi connectivity index (χ4v) is 3.27. The average molecular weight is 264 g/mol. The Morgan fingerprint density at radius 3 is 2.94 bits per heavy atom. The van der Waals surface area contributed by atoms with Crippen molar-refractivity contribution in [1.29, 1.82) is 0 Å². The highest BCUT2D eigenvalue weighted by atomic mass is 32.2. The van der Waals surface area contributed by atoms with E-state index in [9.17, 15) is 4.79 Å². The van der Waals surface area contributed by atoms with Crippen molar-refractivity contribution in [1.82, 2.24) is 0 Å². The molecule has 1 aromatic rings. The van der Waals surface area contributed by atoms with Gasteiger partial charge in [0.1, 0.15) is 0 Å². The number of rotatable bonds is 2. The molecule has 0 radical (unpaired) electrons. The van der Waals surface area contributed by atoms with E-state index in [1.165, 1.54) is 5.56 Å². The topological polar surface area (TPSA) is 64.3 Å². The maximum atomic E-state index is 11.6. The first kappa shape index (κ1) is 12.0. The lowest BCUT2D eigenvalue weighted by atomic mass is 9.79. The maximum Gasteiger partial charge on any atom is 0.237 e. The van der Waals surface area contributed by atoms with E-state index in [1.54, 1.807) is 11.8 Å². The third-order valence-corrected chi connectivity index (χ3v) is 4.83. The molecule has 1 aromatic carbocycles. The van der Waals surface area contributed by atoms with E-state index in [2.05, 4.69) is 11.4 Å². The van der Waals surface area contributed by atoms with Gasteiger partial charge in [-0.15, -0.1) is 11.8 Å². The summed E-state index contributed by atoms with van der Waals surface area (Å²) in [6.07, 6.45) is 0. The van der Waals surface area contributed by atoms with E-state index in [0.29, 0.717) is 19.8 Å². The molecule has 2 aliphatic rings. The minimum atomic E-state index is -0.0424. The highest BCUT2D eigenvalue weighted by molar-refractivity contribution is 8.00. The minimum Gasteiger partial charge on any atom is -0.379 e. The van der Waals surface area contributed by atoms with Gasteiger partial charge in [-0.3, -0.25) is 4.79 Å². The van der Waals surface area contributed by atoms with Crippen LogP contribution in [0.1, 0.15) is 12.5 Å². The molecular weight excluding hydrogens is 248 g/mol. The highest BCUT2D eigenvalue weighted by Crippen LogP contribution is 2.40. The molecule has 0 spiro atoms. The van der Waals surface area contributed by atoms with Crippen LogP contribution in [0, 0.1) is 0 Å². The monoisotopic (exact) mass is 264 g/mol. The number of carbonyl (C=O) groups excluding carboxylic acids is 1. The molecule has 18 heavy (non-hydrogen) atoms. The van der Waals surface area contributed by atoms with Crippen LogP contribution in [0.2, 0.25) is 0 Å². The summed E-state index contributed by atoms with van der Waals surface area (Å²) in [6, 6.07) is 6.16. The van der Waals surface area contributed by atoms with Crippen LogP contribution in [-0.2, 0) is 14.9 Å². The van der Waals surface area contributed by atoms with Crippen LogP contribution in [0.15, 0.2) is 23.1 Å². The van der Waals surface area contributed by atoms with Crippen molar-refractivity contribution < 1.29 is 9.53 Å². The number of amides is 1. The predicted molar refractivity (Wildman–Crippen MR) is 71.9 cm³/mol. The Bertz CT molecular complexity index is 494. The molecule has 5 heteroatoms. The number of anilines is 1. The van der Waals surface area contributed by atoms with Gasteiger partial charge in [0.2, 0.25) is 5.91 Å². The van der Waals surface area contributed by atoms with Crippen LogP contribution in [-0.4, -0.2) is 30.9 Å². The molecule has 2 aliphatic heterocycles. The van der Waals surface area contributed by atoms with E-state index >= 15 is 0 Å². The van der Waals surface area contributed by atoms with Crippen molar-refractivity contribution >= 4 is 23.4 Å². The summed E-state index contributed by atoms with van der Waals surface area (Å²) in [5.74, 6) is 0.0702. The third-order valence-electron chi connectivity index (χ3n) is 3.67. The minimum absolute atomic E-state index is 0.0275. The Morgan fingerprint density at radius 2 is 2.33 bits per heavy atom. The molecule has 1 atom stereocenters. The van der Waals surface area contributed by atoms with Crippen LogP contribution < -0.4 is 11.1 Å². The quantitative estimate of drug-likeness (QED) is 0.846. The van der Waals surface area contributed by atoms with Crippen molar-refractivity contribution in [2.45, 2.75) is 22.5 Å². The van der Waals surface area contributed by atoms with Crippen molar-refractivity contribution in [2.24, 2.45) is 5.73 Å². The van der Waals surface area contributed by atoms with E-state index in [1.807, 2.05) is 19.1 Å². The van der Waals surface area contributed by atoms with Gasteiger partial charge in [-0.1, -0.05) is 6.07 Å². The Hall–Kier alpha value is -1.04. The first-order valence-corrected chi connectivity index (χ1v) is 6.92. The standard InChI is InChI=1S/C13H16N2O2S/c1-8-12(16)15-10-3-2-9(4-11(10)18-8)13(5-14)6-17-7-13/h2-4,8H,5-7,14H2,1H3,(H,15,16). The summed E-state index contributed by atoms with van der Waals surface area (Å²) in [6.45, 7) is 3.89. The lowest BCUT2D eigenvalue weighted by Crippen LogP contribution is -2.52. The Morgan fingerprint density at radius 1 is 1.56 bits per heavy atom. The van der Waals surface area contributed by atoms with Crippen molar-refractivity contribution in [3.8, 4) is 0 Å². The second-order valence-electron chi connectivity index (χ2n) is 4.94. The lowest BCUT2D eigenvalue weighted by molar-refractivity contribution is -0.115. The van der Waals surface area contributed by atoms with Crippen LogP contribution >= 0.6 is 11.8 Å². The number of hydrogen-bond donors (Lipinski definition) is 2. The van der Waals surface area contributed by atoms with Crippen molar-refractivity contribution in [2.75, 3.05) is 25.1 Å². The van der Waals surface area contributed by atoms with Gasteiger partial charge < -0.3 is 15.8 Å². The fourth-order valence-electron chi connectivity index (χ4n) is 2.28. The second kappa shape index (κ2) is 4.26. The number of benzene rings is 1. The van der Waals surface area contributed by atoms with Gasteiger partial charge in [0.15, 0.2) is 0 Å². The van der Waals surface area contributed by atoms with E-state index in [-0.39, 0.29) is 16.6 Å². The molecule has 1 fully saturated rings. The van der Waals surface area contributed by atoms with Gasteiger partial charge in [-0.2, -0.15) is 0 Å². The van der Waals surface area contributed by atoms with Crippen LogP contribution in [0.4, 0.5) is 5.69 Å². The zero-order chi connectivity index (χ0) is 12.8. The van der Waals surface area contributed by atoms with Crippen molar-refractivity contribution in [3.05, 3.63) is 23.8 Å². The summed E-state index contributed by atoms with van der Waals surface area (Å²) in [5, 5.41) is 2.88. The van der Waals surface area contributed by atoms with E-state index in [4.69, 9.17) is 10.5 Å². The average Bonchev–Trinajstić information content (AvgIpc) is 2.30. The Kier molecular flexibility index (Phi) is 2.84. The molecule has 1 saturated heterocycles. The molecule has 0 aliphatic carbocycles. The number of carbonyl (C=O) groups is 1. The van der Waals surface area contributed by atoms with Gasteiger partial charge in [0.25, 0.3) is 0 Å². The molecule has 3 N–H and O–H groups in total. The number of thioether (sulfide) groups is 1. The Labute approximate surface area is 110 Å². The lowest BCUT2D eigenvalue weighted by Gasteiger charge is -2.41. The summed E-state index contributed by atoms with van der Waals surface area (Å²) < 4.78 is 5.31. The SMILES string of the molecule is CC1Sc2cc(C3(CN)COC3)ccc2NC1=O. The van der Waals surface area contributed by atoms with Crippen LogP contribution in [0.25, 0.3) is 0 Å². The molecule has 4 nitrogen and oxygen atoms in total. The molecular formula is C13H16N2O2S. The number of ether oxygens (including phenoxy) is 1. The van der Waals surface area contributed by atoms with E-state index in [0.717, 1.165) is 10.6 Å². The summed E-state index contributed by atoms with van der Waals surface area (Å²) in [4.78, 5) is 12.7. The summed E-state index contributed by atoms with van der Waals surface area (Å²) in [7, 11) is 0. The van der Waals surface area contributed by atoms with Crippen molar-refractivity contribution in [3.63, 3.8) is 0 Å². The molecule has 0 aromatic heterocycles. The number of nitrogens with one attached hydrogen (secondary N) is 1. The van der Waals surface area contributed by atoms with Gasteiger partial charge in [0, 0.05) is 11.4 Å². The third kappa shape index (κ3) is 1.74. The van der Waals surface area contributed by atoms with Crippen LogP contribution in [0.5, 0.6) is 0 Å². The number of fused-ring (bicyclic) bond motifs is 1. The van der Waals surface area contributed by atoms with Gasteiger partial charge in [-0.25, -0.2) is 0 Å². The summed E-state index contributed by atoms with van der Waals surface area (Å²) in [5.41, 5.74) is 7.96.